The Kier molecular flexibility index (Phi) is 5.60. The fourth-order valence-electron chi connectivity index (χ4n) is 2.27. The van der Waals surface area contributed by atoms with Gasteiger partial charge >= 0.3 is 6.03 Å². The van der Waals surface area contributed by atoms with Crippen LogP contribution < -0.4 is 5.73 Å². The van der Waals surface area contributed by atoms with Crippen molar-refractivity contribution in [1.29, 1.82) is 0 Å². The second kappa shape index (κ2) is 6.74. The summed E-state index contributed by atoms with van der Waals surface area (Å²) < 4.78 is 0. The molecule has 16 heavy (non-hydrogen) atoms. The van der Waals surface area contributed by atoms with Gasteiger partial charge < -0.3 is 15.5 Å². The first-order valence-corrected chi connectivity index (χ1v) is 6.42. The topological polar surface area (TPSA) is 49.6 Å². The average Bonchev–Trinajstić information content (AvgIpc) is 2.82. The van der Waals surface area contributed by atoms with Crippen molar-refractivity contribution in [1.82, 2.24) is 9.80 Å². The predicted molar refractivity (Wildman–Crippen MR) is 66.3 cm³/mol. The first kappa shape index (κ1) is 13.3. The van der Waals surface area contributed by atoms with Gasteiger partial charge in [-0.25, -0.2) is 4.79 Å². The number of carbonyl (C=O) groups excluding carboxylic acids is 1. The normalized spacial score (nSPS) is 16.4. The summed E-state index contributed by atoms with van der Waals surface area (Å²) in [6, 6.07) is 0.621. The Balaban J connectivity index is 2.57. The van der Waals surface area contributed by atoms with E-state index in [9.17, 15) is 4.79 Å². The zero-order chi connectivity index (χ0) is 12.0. The third-order valence-electron chi connectivity index (χ3n) is 3.42. The van der Waals surface area contributed by atoms with Crippen molar-refractivity contribution < 1.29 is 4.79 Å². The average molecular weight is 227 g/mol. The second-order valence-electron chi connectivity index (χ2n) is 4.57. The van der Waals surface area contributed by atoms with Crippen molar-refractivity contribution in [2.45, 2.75) is 45.1 Å². The molecule has 2 amide bonds. The number of rotatable bonds is 5. The molecule has 0 aromatic rings. The maximum atomic E-state index is 12.2. The molecule has 1 aliphatic carbocycles. The number of hydrogen-bond acceptors (Lipinski definition) is 2. The fraction of sp³-hybridized carbons (Fsp3) is 0.917. The lowest BCUT2D eigenvalue weighted by Crippen LogP contribution is -2.46. The quantitative estimate of drug-likeness (QED) is 0.776. The highest BCUT2D eigenvalue weighted by molar-refractivity contribution is 5.74. The molecular weight excluding hydrogens is 202 g/mol. The Bertz CT molecular complexity index is 214. The molecule has 94 valence electrons. The highest BCUT2D eigenvalue weighted by Gasteiger charge is 2.27. The van der Waals surface area contributed by atoms with E-state index in [1.54, 1.807) is 4.90 Å². The van der Waals surface area contributed by atoms with Crippen LogP contribution in [0.5, 0.6) is 0 Å². The SMILES string of the molecule is CCN(C)C(=O)N(CCCN)C1CCCC1. The van der Waals surface area contributed by atoms with Crippen LogP contribution in [0.25, 0.3) is 0 Å². The molecule has 0 aliphatic heterocycles. The van der Waals surface area contributed by atoms with Gasteiger partial charge in [-0.3, -0.25) is 0 Å². The zero-order valence-corrected chi connectivity index (χ0v) is 10.6. The Hall–Kier alpha value is -0.770. The van der Waals surface area contributed by atoms with E-state index in [1.807, 2.05) is 18.9 Å². The lowest BCUT2D eigenvalue weighted by Gasteiger charge is -2.32. The Morgan fingerprint density at radius 3 is 2.50 bits per heavy atom. The maximum Gasteiger partial charge on any atom is 0.319 e. The molecule has 1 aliphatic rings. The standard InChI is InChI=1S/C12H25N3O/c1-3-14(2)12(16)15(10-6-9-13)11-7-4-5-8-11/h11H,3-10,13H2,1-2H3. The minimum Gasteiger partial charge on any atom is -0.330 e. The number of nitrogens with two attached hydrogens (primary N) is 1. The number of amides is 2. The molecule has 0 aromatic heterocycles. The second-order valence-corrected chi connectivity index (χ2v) is 4.57. The molecule has 0 spiro atoms. The first-order chi connectivity index (χ1) is 7.70. The van der Waals surface area contributed by atoms with Crippen LogP contribution >= 0.6 is 0 Å². The zero-order valence-electron chi connectivity index (χ0n) is 10.6. The van der Waals surface area contributed by atoms with Gasteiger partial charge in [-0.05, 0) is 32.7 Å². The highest BCUT2D eigenvalue weighted by atomic mass is 16.2. The smallest absolute Gasteiger partial charge is 0.319 e. The van der Waals surface area contributed by atoms with Gasteiger partial charge in [-0.2, -0.15) is 0 Å². The molecule has 0 saturated heterocycles. The van der Waals surface area contributed by atoms with Gasteiger partial charge in [0.25, 0.3) is 0 Å². The maximum absolute atomic E-state index is 12.2. The van der Waals surface area contributed by atoms with Crippen molar-refractivity contribution in [2.75, 3.05) is 26.7 Å². The van der Waals surface area contributed by atoms with Gasteiger partial charge in [0, 0.05) is 26.2 Å². The first-order valence-electron chi connectivity index (χ1n) is 6.42. The van der Waals surface area contributed by atoms with Gasteiger partial charge in [-0.1, -0.05) is 12.8 Å². The van der Waals surface area contributed by atoms with Gasteiger partial charge in [0.15, 0.2) is 0 Å². The van der Waals surface area contributed by atoms with Crippen LogP contribution in [-0.4, -0.2) is 48.6 Å². The van der Waals surface area contributed by atoms with Crippen LogP contribution in [-0.2, 0) is 0 Å². The van der Waals surface area contributed by atoms with E-state index in [2.05, 4.69) is 0 Å². The summed E-state index contributed by atoms with van der Waals surface area (Å²) in [6.07, 6.45) is 5.74. The van der Waals surface area contributed by atoms with E-state index in [0.29, 0.717) is 12.6 Å². The van der Waals surface area contributed by atoms with Crippen molar-refractivity contribution in [3.8, 4) is 0 Å². The summed E-state index contributed by atoms with van der Waals surface area (Å²) in [5.74, 6) is 0. The van der Waals surface area contributed by atoms with E-state index in [-0.39, 0.29) is 6.03 Å². The molecule has 0 bridgehead atoms. The van der Waals surface area contributed by atoms with E-state index in [1.165, 1.54) is 12.8 Å². The van der Waals surface area contributed by atoms with Gasteiger partial charge in [0.05, 0.1) is 0 Å². The molecular formula is C12H25N3O. The van der Waals surface area contributed by atoms with Crippen molar-refractivity contribution in [3.63, 3.8) is 0 Å². The number of carbonyl (C=O) groups is 1. The summed E-state index contributed by atoms with van der Waals surface area (Å²) >= 11 is 0. The molecule has 0 unspecified atom stereocenters. The minimum absolute atomic E-state index is 0.169. The summed E-state index contributed by atoms with van der Waals surface area (Å²) in [7, 11) is 1.87. The monoisotopic (exact) mass is 227 g/mol. The molecule has 0 atom stereocenters. The summed E-state index contributed by atoms with van der Waals surface area (Å²) in [6.45, 7) is 4.25. The lowest BCUT2D eigenvalue weighted by molar-refractivity contribution is 0.143. The molecule has 4 nitrogen and oxygen atoms in total. The number of nitrogens with zero attached hydrogens (tertiary/aromatic N) is 2. The van der Waals surface area contributed by atoms with Gasteiger partial charge in [0.1, 0.15) is 0 Å². The minimum atomic E-state index is 0.169. The Morgan fingerprint density at radius 2 is 2.00 bits per heavy atom. The summed E-state index contributed by atoms with van der Waals surface area (Å²) in [5, 5.41) is 0. The third-order valence-corrected chi connectivity index (χ3v) is 3.42. The van der Waals surface area contributed by atoms with E-state index in [0.717, 1.165) is 32.4 Å². The van der Waals surface area contributed by atoms with Crippen LogP contribution in [0.4, 0.5) is 4.79 Å². The van der Waals surface area contributed by atoms with Crippen molar-refractivity contribution >= 4 is 6.03 Å². The lowest BCUT2D eigenvalue weighted by atomic mass is 10.2. The van der Waals surface area contributed by atoms with Gasteiger partial charge in [-0.15, -0.1) is 0 Å². The Labute approximate surface area is 98.8 Å². The van der Waals surface area contributed by atoms with E-state index in [4.69, 9.17) is 5.73 Å². The molecule has 1 saturated carbocycles. The predicted octanol–water partition coefficient (Wildman–Crippen LogP) is 1.65. The van der Waals surface area contributed by atoms with Crippen LogP contribution in [0.1, 0.15) is 39.0 Å². The van der Waals surface area contributed by atoms with Crippen molar-refractivity contribution in [3.05, 3.63) is 0 Å². The number of urea groups is 1. The van der Waals surface area contributed by atoms with Crippen LogP contribution in [0, 0.1) is 0 Å². The molecule has 2 N–H and O–H groups in total. The van der Waals surface area contributed by atoms with E-state index < -0.39 is 0 Å². The molecule has 0 heterocycles. The molecule has 0 aromatic carbocycles. The number of hydrogen-bond donors (Lipinski definition) is 1. The molecule has 1 fully saturated rings. The molecule has 0 radical (unpaired) electrons. The highest BCUT2D eigenvalue weighted by Crippen LogP contribution is 2.24. The van der Waals surface area contributed by atoms with E-state index >= 15 is 0 Å². The molecule has 1 rings (SSSR count). The van der Waals surface area contributed by atoms with Crippen LogP contribution in [0.3, 0.4) is 0 Å². The van der Waals surface area contributed by atoms with Gasteiger partial charge in [0.2, 0.25) is 0 Å². The summed E-state index contributed by atoms with van der Waals surface area (Å²) in [5.41, 5.74) is 5.53. The van der Waals surface area contributed by atoms with Crippen molar-refractivity contribution in [2.24, 2.45) is 5.73 Å². The van der Waals surface area contributed by atoms with Crippen LogP contribution in [0.2, 0.25) is 0 Å². The Morgan fingerprint density at radius 1 is 1.38 bits per heavy atom. The molecule has 4 heteroatoms. The summed E-state index contributed by atoms with van der Waals surface area (Å²) in [4.78, 5) is 16.0. The van der Waals surface area contributed by atoms with Crippen LogP contribution in [0.15, 0.2) is 0 Å². The third kappa shape index (κ3) is 3.37. The largest absolute Gasteiger partial charge is 0.330 e. The fourth-order valence-corrected chi connectivity index (χ4v) is 2.27.